The van der Waals surface area contributed by atoms with Gasteiger partial charge in [0, 0.05) is 30.7 Å². The highest BCUT2D eigenvalue weighted by Gasteiger charge is 2.07. The van der Waals surface area contributed by atoms with Crippen LogP contribution in [-0.4, -0.2) is 47.7 Å². The molecule has 0 saturated heterocycles. The third-order valence-corrected chi connectivity index (χ3v) is 2.33. The first kappa shape index (κ1) is 14.2. The monoisotopic (exact) mass is 249 g/mol. The first-order valence-electron chi connectivity index (χ1n) is 5.70. The van der Waals surface area contributed by atoms with Gasteiger partial charge in [-0.05, 0) is 27.1 Å². The van der Waals surface area contributed by atoms with E-state index in [1.807, 2.05) is 19.0 Å². The molecule has 0 fully saturated rings. The van der Waals surface area contributed by atoms with E-state index >= 15 is 0 Å². The Hall–Kier alpha value is -1.88. The lowest BCUT2D eigenvalue weighted by molar-refractivity contribution is -0.139. The Balaban J connectivity index is 2.60. The molecule has 0 aliphatic carbocycles. The predicted octanol–water partition coefficient (Wildman–Crippen LogP) is 1.49. The molecular formula is C13H19N3O2. The van der Waals surface area contributed by atoms with E-state index in [0.717, 1.165) is 0 Å². The Morgan fingerprint density at radius 2 is 2.33 bits per heavy atom. The van der Waals surface area contributed by atoms with E-state index in [4.69, 9.17) is 4.74 Å². The zero-order chi connectivity index (χ0) is 13.5. The zero-order valence-electron chi connectivity index (χ0n) is 11.1. The lowest BCUT2D eigenvalue weighted by Gasteiger charge is -2.09. The van der Waals surface area contributed by atoms with Crippen molar-refractivity contribution in [3.8, 4) is 0 Å². The maximum Gasteiger partial charge on any atom is 0.333 e. The smallest absolute Gasteiger partial charge is 0.333 e. The molecule has 0 spiro atoms. The number of aromatic nitrogens is 2. The summed E-state index contributed by atoms with van der Waals surface area (Å²) in [6, 6.07) is 0. The van der Waals surface area contributed by atoms with Crippen LogP contribution in [0.25, 0.3) is 12.3 Å². The third-order valence-electron chi connectivity index (χ3n) is 2.33. The summed E-state index contributed by atoms with van der Waals surface area (Å²) in [7, 11) is 3.86. The van der Waals surface area contributed by atoms with Crippen LogP contribution in [0.4, 0.5) is 0 Å². The van der Waals surface area contributed by atoms with Crippen LogP contribution < -0.4 is 0 Å². The lowest BCUT2D eigenvalue weighted by atomic mass is 10.3. The van der Waals surface area contributed by atoms with Crippen molar-refractivity contribution in [2.45, 2.75) is 6.92 Å². The van der Waals surface area contributed by atoms with Gasteiger partial charge in [-0.15, -0.1) is 0 Å². The fourth-order valence-electron chi connectivity index (χ4n) is 1.28. The van der Waals surface area contributed by atoms with Gasteiger partial charge in [0.25, 0.3) is 0 Å². The standard InChI is InChI=1S/C13H19N3O2/c1-5-16-7-6-14-12(16)10-11(2)13(17)18-9-8-15(3)4/h5-7,10H,1,8-9H2,2-4H3. The highest BCUT2D eigenvalue weighted by atomic mass is 16.5. The van der Waals surface area contributed by atoms with Crippen LogP contribution in [0, 0.1) is 0 Å². The fourth-order valence-corrected chi connectivity index (χ4v) is 1.28. The fraction of sp³-hybridized carbons (Fsp3) is 0.385. The second-order valence-electron chi connectivity index (χ2n) is 4.14. The number of hydrogen-bond acceptors (Lipinski definition) is 4. The second kappa shape index (κ2) is 6.76. The first-order valence-corrected chi connectivity index (χ1v) is 5.70. The summed E-state index contributed by atoms with van der Waals surface area (Å²) >= 11 is 0. The van der Waals surface area contributed by atoms with E-state index in [1.54, 1.807) is 36.2 Å². The molecule has 5 heteroatoms. The number of nitrogens with zero attached hydrogens (tertiary/aromatic N) is 3. The molecule has 1 aromatic heterocycles. The summed E-state index contributed by atoms with van der Waals surface area (Å²) in [5.74, 6) is 0.336. The summed E-state index contributed by atoms with van der Waals surface area (Å²) in [6.45, 7) is 6.46. The average molecular weight is 249 g/mol. The van der Waals surface area contributed by atoms with Crippen molar-refractivity contribution in [1.29, 1.82) is 0 Å². The van der Waals surface area contributed by atoms with Crippen LogP contribution in [0.2, 0.25) is 0 Å². The average Bonchev–Trinajstić information content (AvgIpc) is 2.75. The number of hydrogen-bond donors (Lipinski definition) is 0. The molecule has 1 heterocycles. The van der Waals surface area contributed by atoms with Crippen molar-refractivity contribution in [3.63, 3.8) is 0 Å². The van der Waals surface area contributed by atoms with Gasteiger partial charge in [0.05, 0.1) is 0 Å². The number of rotatable bonds is 6. The molecule has 0 radical (unpaired) electrons. The van der Waals surface area contributed by atoms with Crippen LogP contribution in [0.15, 0.2) is 24.5 Å². The number of ether oxygens (including phenoxy) is 1. The summed E-state index contributed by atoms with van der Waals surface area (Å²) in [6.07, 6.45) is 6.73. The van der Waals surface area contributed by atoms with E-state index in [0.29, 0.717) is 24.5 Å². The quantitative estimate of drug-likeness (QED) is 0.566. The minimum atomic E-state index is -0.324. The number of carbonyl (C=O) groups excluding carboxylic acids is 1. The van der Waals surface area contributed by atoms with Crippen LogP contribution in [0.1, 0.15) is 12.7 Å². The molecule has 1 aromatic rings. The molecule has 0 atom stereocenters. The Morgan fingerprint density at radius 1 is 1.61 bits per heavy atom. The zero-order valence-corrected chi connectivity index (χ0v) is 11.1. The van der Waals surface area contributed by atoms with Crippen LogP contribution >= 0.6 is 0 Å². The molecule has 0 amide bonds. The Bertz CT molecular complexity index is 447. The van der Waals surface area contributed by atoms with E-state index < -0.39 is 0 Å². The molecular weight excluding hydrogens is 230 g/mol. The SMILES string of the molecule is C=Cn1ccnc1C=C(C)C(=O)OCCN(C)C. The molecule has 0 bridgehead atoms. The number of likely N-dealkylation sites (N-methyl/N-ethyl adjacent to an activating group) is 1. The molecule has 0 unspecified atom stereocenters. The van der Waals surface area contributed by atoms with Crippen molar-refractivity contribution in [2.24, 2.45) is 0 Å². The minimum Gasteiger partial charge on any atom is -0.461 e. The molecule has 1 rings (SSSR count). The summed E-state index contributed by atoms with van der Waals surface area (Å²) in [5, 5.41) is 0. The molecule has 0 aromatic carbocycles. The van der Waals surface area contributed by atoms with Gasteiger partial charge in [0.15, 0.2) is 0 Å². The van der Waals surface area contributed by atoms with E-state index in [2.05, 4.69) is 11.6 Å². The largest absolute Gasteiger partial charge is 0.461 e. The van der Waals surface area contributed by atoms with Gasteiger partial charge in [-0.1, -0.05) is 6.58 Å². The van der Waals surface area contributed by atoms with Crippen LogP contribution in [0.5, 0.6) is 0 Å². The number of carbonyl (C=O) groups is 1. The predicted molar refractivity (Wildman–Crippen MR) is 71.8 cm³/mol. The maximum atomic E-state index is 11.7. The van der Waals surface area contributed by atoms with Crippen LogP contribution in [0.3, 0.4) is 0 Å². The first-order chi connectivity index (χ1) is 8.54. The molecule has 18 heavy (non-hydrogen) atoms. The van der Waals surface area contributed by atoms with Gasteiger partial charge < -0.3 is 14.2 Å². The number of imidazole rings is 1. The lowest BCUT2D eigenvalue weighted by Crippen LogP contribution is -2.20. The van der Waals surface area contributed by atoms with Gasteiger partial charge in [0.1, 0.15) is 12.4 Å². The number of esters is 1. The summed E-state index contributed by atoms with van der Waals surface area (Å²) in [5.41, 5.74) is 0.517. The van der Waals surface area contributed by atoms with Gasteiger partial charge in [-0.2, -0.15) is 0 Å². The molecule has 0 aliphatic heterocycles. The van der Waals surface area contributed by atoms with Gasteiger partial charge in [0.2, 0.25) is 0 Å². The van der Waals surface area contributed by atoms with Crippen molar-refractivity contribution >= 4 is 18.2 Å². The Kier molecular flexibility index (Phi) is 5.32. The molecule has 5 nitrogen and oxygen atoms in total. The molecule has 0 N–H and O–H groups in total. The highest BCUT2D eigenvalue weighted by Crippen LogP contribution is 2.06. The molecule has 0 saturated carbocycles. The molecule has 98 valence electrons. The van der Waals surface area contributed by atoms with Gasteiger partial charge >= 0.3 is 5.97 Å². The van der Waals surface area contributed by atoms with Gasteiger partial charge in [-0.3, -0.25) is 0 Å². The highest BCUT2D eigenvalue weighted by molar-refractivity contribution is 5.92. The Morgan fingerprint density at radius 3 is 2.94 bits per heavy atom. The normalized spacial score (nSPS) is 11.7. The maximum absolute atomic E-state index is 11.7. The van der Waals surface area contributed by atoms with Crippen molar-refractivity contribution in [1.82, 2.24) is 14.5 Å². The van der Waals surface area contributed by atoms with Crippen molar-refractivity contribution in [2.75, 3.05) is 27.2 Å². The third kappa shape index (κ3) is 4.18. The van der Waals surface area contributed by atoms with Crippen molar-refractivity contribution < 1.29 is 9.53 Å². The second-order valence-corrected chi connectivity index (χ2v) is 4.14. The summed E-state index contributed by atoms with van der Waals surface area (Å²) < 4.78 is 6.86. The molecule has 0 aliphatic rings. The van der Waals surface area contributed by atoms with Crippen LogP contribution in [-0.2, 0) is 9.53 Å². The topological polar surface area (TPSA) is 47.4 Å². The van der Waals surface area contributed by atoms with Crippen molar-refractivity contribution in [3.05, 3.63) is 30.4 Å². The van der Waals surface area contributed by atoms with E-state index in [9.17, 15) is 4.79 Å². The Labute approximate surface area is 107 Å². The van der Waals surface area contributed by atoms with Gasteiger partial charge in [-0.25, -0.2) is 9.78 Å². The minimum absolute atomic E-state index is 0.324. The van der Waals surface area contributed by atoms with E-state index in [-0.39, 0.29) is 5.97 Å². The van der Waals surface area contributed by atoms with E-state index in [1.165, 1.54) is 0 Å². The summed E-state index contributed by atoms with van der Waals surface area (Å²) in [4.78, 5) is 17.8.